The fourth-order valence-electron chi connectivity index (χ4n) is 4.41. The van der Waals surface area contributed by atoms with E-state index in [0.29, 0.717) is 17.7 Å². The minimum absolute atomic E-state index is 0.0966. The molecule has 0 aliphatic heterocycles. The average molecular weight is 362 g/mol. The molecule has 6 nitrogen and oxygen atoms in total. The van der Waals surface area contributed by atoms with Gasteiger partial charge in [0.25, 0.3) is 0 Å². The molecule has 2 unspecified atom stereocenters. The van der Waals surface area contributed by atoms with Crippen molar-refractivity contribution in [1.29, 1.82) is 0 Å². The minimum Gasteiger partial charge on any atom is -0.356 e. The Kier molecular flexibility index (Phi) is 4.22. The van der Waals surface area contributed by atoms with E-state index in [9.17, 15) is 8.42 Å². The predicted molar refractivity (Wildman–Crippen MR) is 99.4 cm³/mol. The van der Waals surface area contributed by atoms with E-state index in [1.54, 1.807) is 6.33 Å². The predicted octanol–water partition coefficient (Wildman–Crippen LogP) is 2.78. The van der Waals surface area contributed by atoms with Gasteiger partial charge in [-0.25, -0.2) is 18.4 Å². The van der Waals surface area contributed by atoms with Crippen molar-refractivity contribution in [2.45, 2.75) is 50.3 Å². The highest BCUT2D eigenvalue weighted by atomic mass is 32.2. The van der Waals surface area contributed by atoms with Gasteiger partial charge in [-0.2, -0.15) is 0 Å². The Morgan fingerprint density at radius 3 is 2.76 bits per heavy atom. The number of hydrogen-bond donors (Lipinski definition) is 1. The van der Waals surface area contributed by atoms with Gasteiger partial charge in [-0.05, 0) is 50.0 Å². The highest BCUT2D eigenvalue weighted by molar-refractivity contribution is 7.92. The molecule has 0 aromatic carbocycles. The molecule has 2 atom stereocenters. The maximum absolute atomic E-state index is 12.6. The largest absolute Gasteiger partial charge is 0.356 e. The van der Waals surface area contributed by atoms with Crippen molar-refractivity contribution in [3.8, 4) is 0 Å². The van der Waals surface area contributed by atoms with Gasteiger partial charge in [0.15, 0.2) is 9.84 Å². The molecule has 0 amide bonds. The number of fused-ring (bicyclic) bond motifs is 1. The summed E-state index contributed by atoms with van der Waals surface area (Å²) in [5.41, 5.74) is 0.839. The van der Waals surface area contributed by atoms with Crippen LogP contribution in [0.15, 0.2) is 18.6 Å². The summed E-state index contributed by atoms with van der Waals surface area (Å²) in [7, 11) is -0.897. The second-order valence-corrected chi connectivity index (χ2v) is 10.2. The van der Waals surface area contributed by atoms with Crippen LogP contribution in [0, 0.1) is 11.8 Å². The third kappa shape index (κ3) is 3.14. The number of anilines is 1. The third-order valence-corrected chi connectivity index (χ3v) is 8.43. The van der Waals surface area contributed by atoms with Gasteiger partial charge in [0.1, 0.15) is 17.8 Å². The Hall–Kier alpha value is -1.63. The smallest absolute Gasteiger partial charge is 0.153 e. The quantitative estimate of drug-likeness (QED) is 0.885. The maximum Gasteiger partial charge on any atom is 0.153 e. The van der Waals surface area contributed by atoms with E-state index in [2.05, 4.69) is 26.8 Å². The molecule has 1 N–H and O–H groups in total. The molecule has 2 saturated carbocycles. The molecule has 0 saturated heterocycles. The van der Waals surface area contributed by atoms with Crippen molar-refractivity contribution in [1.82, 2.24) is 15.0 Å². The zero-order valence-corrected chi connectivity index (χ0v) is 15.7. The first-order chi connectivity index (χ1) is 11.9. The molecule has 2 fully saturated rings. The van der Waals surface area contributed by atoms with Gasteiger partial charge in [0.2, 0.25) is 0 Å². The molecule has 2 aliphatic rings. The van der Waals surface area contributed by atoms with E-state index >= 15 is 0 Å². The second-order valence-electron chi connectivity index (χ2n) is 7.91. The summed E-state index contributed by atoms with van der Waals surface area (Å²) in [6, 6.07) is 2.35. The van der Waals surface area contributed by atoms with Crippen LogP contribution in [-0.4, -0.2) is 47.5 Å². The van der Waals surface area contributed by atoms with Crippen LogP contribution in [0.25, 0.3) is 11.0 Å². The molecule has 0 spiro atoms. The topological polar surface area (TPSA) is 79.0 Å². The van der Waals surface area contributed by atoms with E-state index in [1.165, 1.54) is 0 Å². The minimum atomic E-state index is -2.94. The van der Waals surface area contributed by atoms with Gasteiger partial charge in [-0.15, -0.1) is 0 Å². The lowest BCUT2D eigenvalue weighted by Gasteiger charge is -2.42. The molecular weight excluding hydrogens is 336 g/mol. The monoisotopic (exact) mass is 362 g/mol. The lowest BCUT2D eigenvalue weighted by atomic mass is 9.81. The number of nitrogens with zero attached hydrogens (tertiary/aromatic N) is 3. The molecule has 2 aromatic rings. The molecule has 0 bridgehead atoms. The number of hydrogen-bond acceptors (Lipinski definition) is 5. The zero-order valence-electron chi connectivity index (χ0n) is 14.9. The van der Waals surface area contributed by atoms with Crippen LogP contribution in [0.4, 0.5) is 5.82 Å². The lowest BCUT2D eigenvalue weighted by Crippen LogP contribution is -2.46. The van der Waals surface area contributed by atoms with Gasteiger partial charge in [0.05, 0.1) is 16.4 Å². The van der Waals surface area contributed by atoms with Crippen molar-refractivity contribution in [2.75, 3.05) is 17.7 Å². The van der Waals surface area contributed by atoms with Crippen molar-refractivity contribution < 1.29 is 8.42 Å². The van der Waals surface area contributed by atoms with E-state index < -0.39 is 9.84 Å². The standard InChI is InChI=1S/C18H26N4O2S/c1-12-3-4-15(7-12)25(23,24)10-13-8-14(9-13)22(2)18-16-5-6-19-17(16)20-11-21-18/h5-6,11-15H,3-4,7-10H2,1-2H3,(H,19,20,21)/t12?,13-,14+,15?. The van der Waals surface area contributed by atoms with Crippen molar-refractivity contribution >= 4 is 26.7 Å². The fraction of sp³-hybridized carbons (Fsp3) is 0.667. The van der Waals surface area contributed by atoms with E-state index in [-0.39, 0.29) is 11.2 Å². The Morgan fingerprint density at radius 2 is 2.04 bits per heavy atom. The van der Waals surface area contributed by atoms with Gasteiger partial charge >= 0.3 is 0 Å². The number of aromatic nitrogens is 3. The Balaban J connectivity index is 1.38. The maximum atomic E-state index is 12.6. The van der Waals surface area contributed by atoms with Gasteiger partial charge in [-0.3, -0.25) is 0 Å². The second kappa shape index (κ2) is 6.27. The Morgan fingerprint density at radius 1 is 1.24 bits per heavy atom. The summed E-state index contributed by atoms with van der Waals surface area (Å²) in [6.45, 7) is 2.16. The van der Waals surface area contributed by atoms with Crippen LogP contribution in [-0.2, 0) is 9.84 Å². The SMILES string of the molecule is CC1CCC(S(=O)(=O)C[C@H]2C[C@@H](N(C)c3ncnc4[nH]ccc34)C2)C1. The number of aromatic amines is 1. The van der Waals surface area contributed by atoms with E-state index in [4.69, 9.17) is 0 Å². The van der Waals surface area contributed by atoms with Crippen LogP contribution in [0.5, 0.6) is 0 Å². The Labute approximate surface area is 149 Å². The van der Waals surface area contributed by atoms with Gasteiger partial charge in [-0.1, -0.05) is 6.92 Å². The molecule has 2 heterocycles. The van der Waals surface area contributed by atoms with Crippen LogP contribution in [0.3, 0.4) is 0 Å². The first-order valence-electron chi connectivity index (χ1n) is 9.16. The zero-order chi connectivity index (χ0) is 17.6. The van der Waals surface area contributed by atoms with Crippen LogP contribution < -0.4 is 4.90 Å². The van der Waals surface area contributed by atoms with Crippen molar-refractivity contribution in [3.63, 3.8) is 0 Å². The number of H-pyrrole nitrogens is 1. The van der Waals surface area contributed by atoms with Crippen LogP contribution >= 0.6 is 0 Å². The molecule has 25 heavy (non-hydrogen) atoms. The summed E-state index contributed by atoms with van der Waals surface area (Å²) < 4.78 is 25.3. The molecule has 136 valence electrons. The molecule has 2 aromatic heterocycles. The highest BCUT2D eigenvalue weighted by Crippen LogP contribution is 2.38. The third-order valence-electron chi connectivity index (χ3n) is 6.05. The van der Waals surface area contributed by atoms with E-state index in [0.717, 1.165) is 49.0 Å². The van der Waals surface area contributed by atoms with Crippen molar-refractivity contribution in [2.24, 2.45) is 11.8 Å². The first-order valence-corrected chi connectivity index (χ1v) is 10.9. The normalized spacial score (nSPS) is 29.7. The summed E-state index contributed by atoms with van der Waals surface area (Å²) in [6.07, 6.45) is 8.06. The van der Waals surface area contributed by atoms with Crippen molar-refractivity contribution in [3.05, 3.63) is 18.6 Å². The number of nitrogens with one attached hydrogen (secondary N) is 1. The number of rotatable bonds is 5. The summed E-state index contributed by atoms with van der Waals surface area (Å²) >= 11 is 0. The van der Waals surface area contributed by atoms with Gasteiger partial charge in [0, 0.05) is 19.3 Å². The molecule has 2 aliphatic carbocycles. The fourth-order valence-corrected chi connectivity index (χ4v) is 6.73. The molecular formula is C18H26N4O2S. The number of sulfone groups is 1. The first kappa shape index (κ1) is 16.8. The summed E-state index contributed by atoms with van der Waals surface area (Å²) in [5.74, 6) is 2.12. The summed E-state index contributed by atoms with van der Waals surface area (Å²) in [4.78, 5) is 13.9. The van der Waals surface area contributed by atoms with Crippen LogP contribution in [0.2, 0.25) is 0 Å². The van der Waals surface area contributed by atoms with Gasteiger partial charge < -0.3 is 9.88 Å². The molecule has 4 rings (SSSR count). The molecule has 0 radical (unpaired) electrons. The average Bonchev–Trinajstić information content (AvgIpc) is 3.18. The van der Waals surface area contributed by atoms with Crippen LogP contribution in [0.1, 0.15) is 39.0 Å². The Bertz CT molecular complexity index is 857. The highest BCUT2D eigenvalue weighted by Gasteiger charge is 2.39. The summed E-state index contributed by atoms with van der Waals surface area (Å²) in [5, 5.41) is 0.918. The van der Waals surface area contributed by atoms with E-state index in [1.807, 2.05) is 19.3 Å². The molecule has 7 heteroatoms. The lowest BCUT2D eigenvalue weighted by molar-refractivity contribution is 0.281.